The fourth-order valence-corrected chi connectivity index (χ4v) is 8.37. The van der Waals surface area contributed by atoms with Crippen LogP contribution in [-0.2, 0) is 70.2 Å². The van der Waals surface area contributed by atoms with Crippen molar-refractivity contribution in [2.45, 2.75) is 88.1 Å². The zero-order chi connectivity index (χ0) is 52.4. The highest BCUT2D eigenvalue weighted by Gasteiger charge is 2.55. The summed E-state index contributed by atoms with van der Waals surface area (Å²) >= 11 is 0. The molecular formula is C59H56O16. The second-order valence-corrected chi connectivity index (χ2v) is 17.7. The molecule has 75 heavy (non-hydrogen) atoms. The van der Waals surface area contributed by atoms with Crippen LogP contribution in [0.1, 0.15) is 72.3 Å². The van der Waals surface area contributed by atoms with Gasteiger partial charge in [-0.05, 0) is 66.6 Å². The van der Waals surface area contributed by atoms with Crippen LogP contribution in [0.2, 0.25) is 0 Å². The molecular weight excluding hydrogens is 965 g/mol. The molecule has 0 aliphatic carbocycles. The molecule has 0 N–H and O–H groups in total. The summed E-state index contributed by atoms with van der Waals surface area (Å²) in [7, 11) is 0. The number of esters is 5. The zero-order valence-corrected chi connectivity index (χ0v) is 41.0. The van der Waals surface area contributed by atoms with Crippen LogP contribution in [0, 0.1) is 0 Å². The van der Waals surface area contributed by atoms with E-state index in [1.165, 1.54) is 19.1 Å². The van der Waals surface area contributed by atoms with Gasteiger partial charge in [0.2, 0.25) is 0 Å². The van der Waals surface area contributed by atoms with Crippen molar-refractivity contribution in [1.29, 1.82) is 0 Å². The Morgan fingerprint density at radius 1 is 0.440 bits per heavy atom. The molecule has 2 aliphatic rings. The third-order valence-electron chi connectivity index (χ3n) is 12.2. The maximum Gasteiger partial charge on any atom is 0.338 e. The van der Waals surface area contributed by atoms with Crippen molar-refractivity contribution < 1.29 is 76.1 Å². The minimum Gasteiger partial charge on any atom is -0.459 e. The lowest BCUT2D eigenvalue weighted by Gasteiger charge is -2.48. The van der Waals surface area contributed by atoms with Gasteiger partial charge in [-0.15, -0.1) is 0 Å². The van der Waals surface area contributed by atoms with Gasteiger partial charge in [0.1, 0.15) is 49.5 Å². The number of hydrogen-bond acceptors (Lipinski definition) is 16. The third-order valence-corrected chi connectivity index (χ3v) is 12.2. The second kappa shape index (κ2) is 26.9. The molecule has 2 fully saturated rings. The highest BCUT2D eigenvalue weighted by Crippen LogP contribution is 2.35. The van der Waals surface area contributed by atoms with E-state index in [2.05, 4.69) is 0 Å². The Labute approximate surface area is 433 Å². The second-order valence-electron chi connectivity index (χ2n) is 17.7. The average Bonchev–Trinajstić information content (AvgIpc) is 3.45. The Morgan fingerprint density at radius 3 is 1.35 bits per heavy atom. The Kier molecular flexibility index (Phi) is 19.2. The highest BCUT2D eigenvalue weighted by atomic mass is 16.7. The van der Waals surface area contributed by atoms with Crippen molar-refractivity contribution in [2.75, 3.05) is 19.8 Å². The normalized spacial score (nSPS) is 22.2. The van der Waals surface area contributed by atoms with Gasteiger partial charge in [0.15, 0.2) is 24.6 Å². The van der Waals surface area contributed by atoms with Crippen LogP contribution in [0.5, 0.6) is 0 Å². The van der Waals surface area contributed by atoms with Crippen molar-refractivity contribution in [2.24, 2.45) is 0 Å². The Hall–Kier alpha value is -7.86. The number of hydrogen-bond donors (Lipinski definition) is 0. The molecule has 388 valence electrons. The van der Waals surface area contributed by atoms with E-state index in [-0.39, 0.29) is 67.3 Å². The molecule has 16 nitrogen and oxygen atoms in total. The molecule has 6 aromatic rings. The molecule has 16 heteroatoms. The van der Waals surface area contributed by atoms with Gasteiger partial charge in [0.05, 0.1) is 48.5 Å². The molecule has 9 atom stereocenters. The van der Waals surface area contributed by atoms with Crippen LogP contribution in [0.3, 0.4) is 0 Å². The van der Waals surface area contributed by atoms with E-state index >= 15 is 0 Å². The van der Waals surface area contributed by atoms with E-state index < -0.39 is 91.6 Å². The molecule has 0 radical (unpaired) electrons. The standard InChI is InChI=1S/C59H56O16/c1-39(60)32-33-49(61)73-53-52(74-58(65)45-30-18-7-19-31-45)48(38-70-56(63)43-26-14-5-15-27-43)72-59(54(53)68-35-41-22-10-3-11-23-41)75-51-47(71-57(64)44-28-16-6-17-29-44)37-66-46(36-69-55(62)42-24-12-4-13-25-42)50(51)67-34-40-20-8-2-9-21-40/h2-31,46-48,50-54,59H,32-38H2,1H3/t46?,47-,48?,50+,51?,52+,53?,54?,59-/m1/s1. The van der Waals surface area contributed by atoms with Crippen molar-refractivity contribution in [1.82, 2.24) is 0 Å². The number of carbonyl (C=O) groups excluding carboxylic acids is 6. The molecule has 0 aromatic heterocycles. The summed E-state index contributed by atoms with van der Waals surface area (Å²) in [6, 6.07) is 51.1. The van der Waals surface area contributed by atoms with Gasteiger partial charge in [-0.3, -0.25) is 4.79 Å². The van der Waals surface area contributed by atoms with Crippen LogP contribution in [0.25, 0.3) is 0 Å². The van der Waals surface area contributed by atoms with Crippen LogP contribution in [-0.4, -0.2) is 111 Å². The molecule has 6 aromatic carbocycles. The lowest BCUT2D eigenvalue weighted by atomic mass is 9.96. The number of Topliss-reactive ketones (excluding diaryl/α,β-unsaturated/α-hetero) is 1. The first-order valence-electron chi connectivity index (χ1n) is 24.5. The van der Waals surface area contributed by atoms with Crippen molar-refractivity contribution >= 4 is 35.6 Å². The van der Waals surface area contributed by atoms with Gasteiger partial charge in [-0.1, -0.05) is 133 Å². The first-order chi connectivity index (χ1) is 36.6. The van der Waals surface area contributed by atoms with E-state index in [9.17, 15) is 28.8 Å². The maximum atomic E-state index is 14.1. The Balaban J connectivity index is 1.22. The van der Waals surface area contributed by atoms with Crippen LogP contribution in [0.15, 0.2) is 182 Å². The third kappa shape index (κ3) is 15.1. The molecule has 2 aliphatic heterocycles. The summed E-state index contributed by atoms with van der Waals surface area (Å²) in [5, 5.41) is 0. The van der Waals surface area contributed by atoms with E-state index in [4.69, 9.17) is 47.4 Å². The van der Waals surface area contributed by atoms with Gasteiger partial charge in [0, 0.05) is 6.42 Å². The van der Waals surface area contributed by atoms with Gasteiger partial charge in [-0.2, -0.15) is 0 Å². The van der Waals surface area contributed by atoms with Crippen molar-refractivity contribution in [3.63, 3.8) is 0 Å². The van der Waals surface area contributed by atoms with Gasteiger partial charge in [-0.25, -0.2) is 19.2 Å². The molecule has 0 spiro atoms. The number of ketones is 1. The summed E-state index contributed by atoms with van der Waals surface area (Å²) in [5.74, 6) is -4.09. The highest BCUT2D eigenvalue weighted by molar-refractivity contribution is 5.91. The molecule has 0 amide bonds. The molecule has 2 heterocycles. The number of ether oxygens (including phenoxy) is 10. The Morgan fingerprint density at radius 2 is 0.867 bits per heavy atom. The summed E-state index contributed by atoms with van der Waals surface area (Å²) in [6.07, 6.45) is -13.1. The predicted molar refractivity (Wildman–Crippen MR) is 268 cm³/mol. The van der Waals surface area contributed by atoms with Gasteiger partial charge in [0.25, 0.3) is 0 Å². The van der Waals surface area contributed by atoms with Crippen molar-refractivity contribution in [3.8, 4) is 0 Å². The van der Waals surface area contributed by atoms with E-state index in [0.29, 0.717) is 5.56 Å². The van der Waals surface area contributed by atoms with Gasteiger partial charge < -0.3 is 52.2 Å². The predicted octanol–water partition coefficient (Wildman–Crippen LogP) is 8.11. The fraction of sp³-hybridized carbons (Fsp3) is 0.288. The molecule has 0 saturated carbocycles. The molecule has 8 rings (SSSR count). The topological polar surface area (TPSA) is 195 Å². The number of rotatable bonds is 22. The summed E-state index contributed by atoms with van der Waals surface area (Å²) in [4.78, 5) is 81.3. The first-order valence-corrected chi connectivity index (χ1v) is 24.5. The lowest BCUT2D eigenvalue weighted by Crippen LogP contribution is -2.65. The van der Waals surface area contributed by atoms with Crippen molar-refractivity contribution in [3.05, 3.63) is 215 Å². The van der Waals surface area contributed by atoms with E-state index in [0.717, 1.165) is 5.56 Å². The largest absolute Gasteiger partial charge is 0.459 e. The molecule has 0 bridgehead atoms. The van der Waals surface area contributed by atoms with E-state index in [1.807, 2.05) is 36.4 Å². The quantitative estimate of drug-likeness (QED) is 0.0467. The van der Waals surface area contributed by atoms with E-state index in [1.54, 1.807) is 133 Å². The monoisotopic (exact) mass is 1020 g/mol. The summed E-state index contributed by atoms with van der Waals surface area (Å²) < 4.78 is 64.0. The Bertz CT molecular complexity index is 2780. The fourth-order valence-electron chi connectivity index (χ4n) is 8.37. The number of benzene rings is 6. The molecule has 2 saturated heterocycles. The minimum absolute atomic E-state index is 0.0252. The van der Waals surface area contributed by atoms with Crippen LogP contribution < -0.4 is 0 Å². The number of carbonyl (C=O) groups is 6. The molecule has 5 unspecified atom stereocenters. The maximum absolute atomic E-state index is 14.1. The minimum atomic E-state index is -1.65. The SMILES string of the molecule is CC(=O)CCC(=O)OC1C(OCc2ccccc2)[C@@H](OC2[C@@H](OCc3ccccc3)C(COC(=O)c3ccccc3)OC[C@H]2OC(=O)c2ccccc2)OC(COC(=O)c2ccccc2)[C@@H]1OC(=O)c1ccccc1. The first kappa shape index (κ1) is 53.4. The average molecular weight is 1020 g/mol. The van der Waals surface area contributed by atoms with Gasteiger partial charge >= 0.3 is 29.8 Å². The smallest absolute Gasteiger partial charge is 0.338 e. The summed E-state index contributed by atoms with van der Waals surface area (Å²) in [5.41, 5.74) is 2.28. The van der Waals surface area contributed by atoms with Crippen LogP contribution >= 0.6 is 0 Å². The lowest BCUT2D eigenvalue weighted by molar-refractivity contribution is -0.345. The zero-order valence-electron chi connectivity index (χ0n) is 41.0. The summed E-state index contributed by atoms with van der Waals surface area (Å²) in [6.45, 7) is -0.0571. The van der Waals surface area contributed by atoms with Crippen LogP contribution in [0.4, 0.5) is 0 Å².